The highest BCUT2D eigenvalue weighted by molar-refractivity contribution is 7.07. The SMILES string of the molecule is CCOC(=O)C1=C(C)N=c2sc(=Cc3ccc(F)cc3)c(=O)n2C1c1ccc(OC(C)=O)cc1. The van der Waals surface area contributed by atoms with Gasteiger partial charge in [0.15, 0.2) is 4.80 Å². The Labute approximate surface area is 198 Å². The molecule has 3 aromatic rings. The molecule has 0 aliphatic carbocycles. The van der Waals surface area contributed by atoms with E-state index >= 15 is 0 Å². The number of aromatic nitrogens is 1. The molecule has 34 heavy (non-hydrogen) atoms. The summed E-state index contributed by atoms with van der Waals surface area (Å²) in [5, 5.41) is 0. The first kappa shape index (κ1) is 23.3. The Balaban J connectivity index is 1.89. The van der Waals surface area contributed by atoms with Crippen LogP contribution in [0.3, 0.4) is 0 Å². The molecule has 1 unspecified atom stereocenters. The topological polar surface area (TPSA) is 87.0 Å². The zero-order valence-electron chi connectivity index (χ0n) is 18.7. The normalized spacial score (nSPS) is 15.5. The predicted octanol–water partition coefficient (Wildman–Crippen LogP) is 2.86. The summed E-state index contributed by atoms with van der Waals surface area (Å²) in [6.07, 6.45) is 1.66. The number of halogens is 1. The summed E-state index contributed by atoms with van der Waals surface area (Å²) in [7, 11) is 0. The first-order chi connectivity index (χ1) is 16.3. The second-order valence-corrected chi connectivity index (χ2v) is 8.53. The van der Waals surface area contributed by atoms with E-state index in [1.807, 2.05) is 0 Å². The average Bonchev–Trinajstić information content (AvgIpc) is 3.09. The molecule has 2 aromatic carbocycles. The number of carbonyl (C=O) groups is 2. The zero-order chi connectivity index (χ0) is 24.4. The lowest BCUT2D eigenvalue weighted by atomic mass is 9.96. The van der Waals surface area contributed by atoms with Gasteiger partial charge in [0.05, 0.1) is 28.5 Å². The van der Waals surface area contributed by atoms with E-state index in [1.54, 1.807) is 56.3 Å². The summed E-state index contributed by atoms with van der Waals surface area (Å²) in [4.78, 5) is 42.6. The molecular formula is C25H21FN2O5S. The van der Waals surface area contributed by atoms with Gasteiger partial charge in [0.25, 0.3) is 5.56 Å². The number of hydrogen-bond acceptors (Lipinski definition) is 7. The minimum atomic E-state index is -0.781. The molecule has 0 bridgehead atoms. The van der Waals surface area contributed by atoms with Gasteiger partial charge < -0.3 is 9.47 Å². The van der Waals surface area contributed by atoms with Crippen LogP contribution in [0.5, 0.6) is 5.75 Å². The molecule has 0 fully saturated rings. The minimum absolute atomic E-state index is 0.169. The highest BCUT2D eigenvalue weighted by atomic mass is 32.1. The van der Waals surface area contributed by atoms with Crippen molar-refractivity contribution < 1.29 is 23.5 Å². The first-order valence-corrected chi connectivity index (χ1v) is 11.3. The molecule has 2 heterocycles. The number of esters is 2. The van der Waals surface area contributed by atoms with Crippen molar-refractivity contribution in [3.8, 4) is 5.75 Å². The van der Waals surface area contributed by atoms with E-state index in [0.717, 1.165) is 0 Å². The maximum absolute atomic E-state index is 13.5. The number of rotatable bonds is 5. The predicted molar refractivity (Wildman–Crippen MR) is 125 cm³/mol. The number of carbonyl (C=O) groups excluding carboxylic acids is 2. The zero-order valence-corrected chi connectivity index (χ0v) is 19.5. The lowest BCUT2D eigenvalue weighted by Gasteiger charge is -2.24. The van der Waals surface area contributed by atoms with Crippen LogP contribution in [0.2, 0.25) is 0 Å². The summed E-state index contributed by atoms with van der Waals surface area (Å²) in [5.74, 6) is -1.04. The van der Waals surface area contributed by atoms with Crippen LogP contribution < -0.4 is 19.6 Å². The van der Waals surface area contributed by atoms with Gasteiger partial charge in [-0.05, 0) is 55.3 Å². The quantitative estimate of drug-likeness (QED) is 0.414. The number of benzene rings is 2. The van der Waals surface area contributed by atoms with Gasteiger partial charge in [0, 0.05) is 6.92 Å². The molecule has 1 aliphatic rings. The van der Waals surface area contributed by atoms with E-state index in [1.165, 1.54) is 35.0 Å². The molecule has 0 saturated heterocycles. The van der Waals surface area contributed by atoms with Gasteiger partial charge in [-0.25, -0.2) is 14.2 Å². The summed E-state index contributed by atoms with van der Waals surface area (Å²) in [6.45, 7) is 4.87. The Kier molecular flexibility index (Phi) is 6.56. The number of fused-ring (bicyclic) bond motifs is 1. The van der Waals surface area contributed by atoms with Crippen molar-refractivity contribution in [2.24, 2.45) is 4.99 Å². The molecule has 0 spiro atoms. The number of allylic oxidation sites excluding steroid dienone is 1. The van der Waals surface area contributed by atoms with Crippen LogP contribution in [-0.2, 0) is 14.3 Å². The largest absolute Gasteiger partial charge is 0.463 e. The third-order valence-electron chi connectivity index (χ3n) is 5.14. The third-order valence-corrected chi connectivity index (χ3v) is 6.13. The van der Waals surface area contributed by atoms with Gasteiger partial charge >= 0.3 is 11.9 Å². The fourth-order valence-corrected chi connectivity index (χ4v) is 4.75. The van der Waals surface area contributed by atoms with Crippen LogP contribution in [0.25, 0.3) is 6.08 Å². The van der Waals surface area contributed by atoms with Gasteiger partial charge in [-0.15, -0.1) is 0 Å². The van der Waals surface area contributed by atoms with Crippen molar-refractivity contribution in [2.45, 2.75) is 26.8 Å². The highest BCUT2D eigenvalue weighted by Gasteiger charge is 2.33. The van der Waals surface area contributed by atoms with E-state index in [0.29, 0.717) is 31.9 Å². The Morgan fingerprint density at radius 2 is 1.82 bits per heavy atom. The summed E-state index contributed by atoms with van der Waals surface area (Å²) in [6, 6.07) is 11.6. The fourth-order valence-electron chi connectivity index (χ4n) is 3.70. The summed E-state index contributed by atoms with van der Waals surface area (Å²) in [5.41, 5.74) is 1.65. The fraction of sp³-hybridized carbons (Fsp3) is 0.200. The van der Waals surface area contributed by atoms with Crippen molar-refractivity contribution in [3.63, 3.8) is 0 Å². The van der Waals surface area contributed by atoms with Crippen molar-refractivity contribution in [2.75, 3.05) is 6.61 Å². The number of hydrogen-bond donors (Lipinski definition) is 0. The maximum atomic E-state index is 13.5. The second kappa shape index (κ2) is 9.56. The molecule has 0 saturated carbocycles. The lowest BCUT2D eigenvalue weighted by Crippen LogP contribution is -2.39. The maximum Gasteiger partial charge on any atom is 0.338 e. The standard InChI is InChI=1S/C25H21FN2O5S/c1-4-32-24(31)21-14(2)27-25-28(22(21)17-7-11-19(12-8-17)33-15(3)29)23(30)20(34-25)13-16-5-9-18(26)10-6-16/h5-13,22H,4H2,1-3H3. The molecule has 7 nitrogen and oxygen atoms in total. The van der Waals surface area contributed by atoms with Crippen LogP contribution >= 0.6 is 11.3 Å². The molecule has 4 rings (SSSR count). The van der Waals surface area contributed by atoms with Gasteiger partial charge in [-0.3, -0.25) is 14.2 Å². The molecule has 0 N–H and O–H groups in total. The van der Waals surface area contributed by atoms with Gasteiger partial charge in [0.1, 0.15) is 11.6 Å². The number of ether oxygens (including phenoxy) is 2. The van der Waals surface area contributed by atoms with Crippen molar-refractivity contribution >= 4 is 29.4 Å². The molecule has 1 aromatic heterocycles. The van der Waals surface area contributed by atoms with Crippen LogP contribution in [0, 0.1) is 5.82 Å². The molecular weight excluding hydrogens is 459 g/mol. The van der Waals surface area contributed by atoms with Crippen molar-refractivity contribution in [1.82, 2.24) is 4.57 Å². The Bertz CT molecular complexity index is 1470. The summed E-state index contributed by atoms with van der Waals surface area (Å²) >= 11 is 1.18. The van der Waals surface area contributed by atoms with E-state index in [-0.39, 0.29) is 23.6 Å². The summed E-state index contributed by atoms with van der Waals surface area (Å²) < 4.78 is 25.5. The molecule has 9 heteroatoms. The van der Waals surface area contributed by atoms with Crippen molar-refractivity contribution in [3.05, 3.63) is 96.4 Å². The monoisotopic (exact) mass is 480 g/mol. The first-order valence-electron chi connectivity index (χ1n) is 10.5. The Hall–Kier alpha value is -3.85. The number of thiazole rings is 1. The number of nitrogens with zero attached hydrogens (tertiary/aromatic N) is 2. The van der Waals surface area contributed by atoms with E-state index in [4.69, 9.17) is 9.47 Å². The van der Waals surface area contributed by atoms with E-state index in [9.17, 15) is 18.8 Å². The van der Waals surface area contributed by atoms with Crippen LogP contribution in [0.15, 0.2) is 69.6 Å². The third kappa shape index (κ3) is 4.60. The highest BCUT2D eigenvalue weighted by Crippen LogP contribution is 2.31. The average molecular weight is 481 g/mol. The van der Waals surface area contributed by atoms with Gasteiger partial charge in [0.2, 0.25) is 0 Å². The van der Waals surface area contributed by atoms with E-state index in [2.05, 4.69) is 4.99 Å². The Morgan fingerprint density at radius 1 is 1.15 bits per heavy atom. The molecule has 1 atom stereocenters. The van der Waals surface area contributed by atoms with Gasteiger partial charge in [-0.2, -0.15) is 0 Å². The Morgan fingerprint density at radius 3 is 2.44 bits per heavy atom. The van der Waals surface area contributed by atoms with Crippen LogP contribution in [0.4, 0.5) is 4.39 Å². The minimum Gasteiger partial charge on any atom is -0.463 e. The lowest BCUT2D eigenvalue weighted by molar-refractivity contribution is -0.139. The molecule has 0 amide bonds. The van der Waals surface area contributed by atoms with E-state index < -0.39 is 18.0 Å². The van der Waals surface area contributed by atoms with Crippen LogP contribution in [0.1, 0.15) is 37.9 Å². The van der Waals surface area contributed by atoms with Gasteiger partial charge in [-0.1, -0.05) is 35.6 Å². The molecule has 1 aliphatic heterocycles. The van der Waals surface area contributed by atoms with Crippen LogP contribution in [-0.4, -0.2) is 23.1 Å². The molecule has 0 radical (unpaired) electrons. The smallest absolute Gasteiger partial charge is 0.338 e. The van der Waals surface area contributed by atoms with Crippen molar-refractivity contribution in [1.29, 1.82) is 0 Å². The molecule has 174 valence electrons. The second-order valence-electron chi connectivity index (χ2n) is 7.52.